The van der Waals surface area contributed by atoms with Crippen LogP contribution in [0.15, 0.2) is 70.7 Å². The van der Waals surface area contributed by atoms with E-state index >= 15 is 0 Å². The number of nitrogens with one attached hydrogen (secondary N) is 1. The minimum absolute atomic E-state index is 0.0898. The van der Waals surface area contributed by atoms with E-state index in [9.17, 15) is 20.2 Å². The number of hydrogen-bond donors (Lipinski definition) is 1. The number of rotatable bonds is 8. The van der Waals surface area contributed by atoms with Crippen molar-refractivity contribution in [1.82, 2.24) is 0 Å². The number of aryl methyl sites for hydroxylation is 1. The van der Waals surface area contributed by atoms with Gasteiger partial charge in [0, 0.05) is 17.8 Å². The van der Waals surface area contributed by atoms with Gasteiger partial charge in [-0.15, -0.1) is 0 Å². The number of carbonyl (C=O) groups excluding carboxylic acids is 1. The van der Waals surface area contributed by atoms with Crippen LogP contribution in [0.5, 0.6) is 0 Å². The average molecular weight is 415 g/mol. The van der Waals surface area contributed by atoms with Gasteiger partial charge in [0.05, 0.1) is 10.5 Å². The van der Waals surface area contributed by atoms with Crippen molar-refractivity contribution in [3.63, 3.8) is 0 Å². The van der Waals surface area contributed by atoms with E-state index in [1.165, 1.54) is 17.7 Å². The zero-order valence-electron chi connectivity index (χ0n) is 17.0. The highest BCUT2D eigenvalue weighted by molar-refractivity contribution is 6.09. The largest absolute Gasteiger partial charge is 0.456 e. The summed E-state index contributed by atoms with van der Waals surface area (Å²) in [6, 6.07) is 18.7. The number of benzene rings is 2. The molecule has 0 atom stereocenters. The van der Waals surface area contributed by atoms with Crippen molar-refractivity contribution in [2.45, 2.75) is 26.2 Å². The van der Waals surface area contributed by atoms with Crippen LogP contribution < -0.4 is 5.32 Å². The van der Waals surface area contributed by atoms with Crippen molar-refractivity contribution in [1.29, 1.82) is 5.26 Å². The molecule has 1 heterocycles. The van der Waals surface area contributed by atoms with Crippen molar-refractivity contribution in [2.75, 3.05) is 5.32 Å². The van der Waals surface area contributed by atoms with Gasteiger partial charge >= 0.3 is 0 Å². The molecule has 0 radical (unpaired) electrons. The third kappa shape index (κ3) is 5.46. The summed E-state index contributed by atoms with van der Waals surface area (Å²) in [5.74, 6) is -0.0406. The predicted molar refractivity (Wildman–Crippen MR) is 118 cm³/mol. The summed E-state index contributed by atoms with van der Waals surface area (Å²) in [6.45, 7) is 2.13. The second-order valence-electron chi connectivity index (χ2n) is 6.90. The maximum absolute atomic E-state index is 12.5. The number of para-hydroxylation sites is 1. The third-order valence-electron chi connectivity index (χ3n) is 4.68. The minimum Gasteiger partial charge on any atom is -0.456 e. The van der Waals surface area contributed by atoms with E-state index in [0.29, 0.717) is 11.3 Å². The molecule has 0 unspecified atom stereocenters. The summed E-state index contributed by atoms with van der Waals surface area (Å²) in [5, 5.41) is 23.3. The SMILES string of the molecule is CCCCc1ccc(NC(=O)/C(C#N)=C/c2ccc(-c3ccccc3[N+](=O)[O-])o2)cc1. The molecule has 1 aromatic heterocycles. The van der Waals surface area contributed by atoms with E-state index in [1.54, 1.807) is 42.5 Å². The second-order valence-corrected chi connectivity index (χ2v) is 6.90. The number of nitro benzene ring substituents is 1. The lowest BCUT2D eigenvalue weighted by atomic mass is 10.1. The van der Waals surface area contributed by atoms with Crippen molar-refractivity contribution < 1.29 is 14.1 Å². The summed E-state index contributed by atoms with van der Waals surface area (Å²) < 4.78 is 5.63. The molecule has 0 spiro atoms. The Kier molecular flexibility index (Phi) is 6.97. The average Bonchev–Trinajstić information content (AvgIpc) is 3.25. The highest BCUT2D eigenvalue weighted by Gasteiger charge is 2.17. The first-order valence-corrected chi connectivity index (χ1v) is 9.87. The van der Waals surface area contributed by atoms with E-state index in [2.05, 4.69) is 12.2 Å². The van der Waals surface area contributed by atoms with Crippen molar-refractivity contribution >= 4 is 23.4 Å². The molecular weight excluding hydrogens is 394 g/mol. The molecule has 0 fully saturated rings. The molecule has 7 nitrogen and oxygen atoms in total. The van der Waals surface area contributed by atoms with E-state index in [-0.39, 0.29) is 22.8 Å². The van der Waals surface area contributed by atoms with Gasteiger partial charge in [0.15, 0.2) is 0 Å². The highest BCUT2D eigenvalue weighted by Crippen LogP contribution is 2.31. The minimum atomic E-state index is -0.563. The number of unbranched alkanes of at least 4 members (excludes halogenated alkanes) is 1. The number of nitro groups is 1. The Morgan fingerprint density at radius 3 is 2.58 bits per heavy atom. The molecule has 156 valence electrons. The van der Waals surface area contributed by atoms with Gasteiger partial charge in [-0.2, -0.15) is 5.26 Å². The summed E-state index contributed by atoms with van der Waals surface area (Å²) in [6.07, 6.45) is 4.50. The van der Waals surface area contributed by atoms with Crippen molar-refractivity contribution in [3.8, 4) is 17.4 Å². The van der Waals surface area contributed by atoms with Crippen LogP contribution >= 0.6 is 0 Å². The first-order chi connectivity index (χ1) is 15.0. The summed E-state index contributed by atoms with van der Waals surface area (Å²) >= 11 is 0. The Bertz CT molecular complexity index is 1150. The maximum atomic E-state index is 12.5. The number of amides is 1. The topological polar surface area (TPSA) is 109 Å². The Balaban J connectivity index is 1.76. The van der Waals surface area contributed by atoms with E-state index in [4.69, 9.17) is 4.42 Å². The van der Waals surface area contributed by atoms with Gasteiger partial charge in [-0.3, -0.25) is 14.9 Å². The second kappa shape index (κ2) is 10.0. The molecule has 2 aromatic carbocycles. The zero-order valence-corrected chi connectivity index (χ0v) is 17.0. The molecule has 3 aromatic rings. The van der Waals surface area contributed by atoms with Gasteiger partial charge in [-0.1, -0.05) is 37.6 Å². The van der Waals surface area contributed by atoms with Crippen molar-refractivity contribution in [3.05, 3.63) is 87.7 Å². The number of carbonyl (C=O) groups is 1. The van der Waals surface area contributed by atoms with Gasteiger partial charge in [-0.25, -0.2) is 0 Å². The number of nitrogens with zero attached hydrogens (tertiary/aromatic N) is 2. The molecule has 3 rings (SSSR count). The molecule has 31 heavy (non-hydrogen) atoms. The Hall–Kier alpha value is -4.18. The first kappa shape index (κ1) is 21.5. The molecule has 0 aliphatic rings. The van der Waals surface area contributed by atoms with Gasteiger partial charge in [-0.05, 0) is 48.7 Å². The fourth-order valence-corrected chi connectivity index (χ4v) is 3.04. The Labute approximate surface area is 179 Å². The van der Waals surface area contributed by atoms with E-state index in [0.717, 1.165) is 19.3 Å². The standard InChI is InChI=1S/C24H21N3O4/c1-2-3-6-17-9-11-19(12-10-17)26-24(28)18(16-25)15-20-13-14-23(31-20)21-7-4-5-8-22(21)27(29)30/h4-5,7-15H,2-3,6H2,1H3,(H,26,28)/b18-15+. The lowest BCUT2D eigenvalue weighted by molar-refractivity contribution is -0.384. The predicted octanol–water partition coefficient (Wildman–Crippen LogP) is 5.74. The third-order valence-corrected chi connectivity index (χ3v) is 4.68. The Morgan fingerprint density at radius 2 is 1.90 bits per heavy atom. The molecule has 1 amide bonds. The van der Waals surface area contributed by atoms with Crippen LogP contribution in [0.3, 0.4) is 0 Å². The smallest absolute Gasteiger partial charge is 0.280 e. The Morgan fingerprint density at radius 1 is 1.16 bits per heavy atom. The lowest BCUT2D eigenvalue weighted by Crippen LogP contribution is -2.13. The van der Waals surface area contributed by atoms with Crippen LogP contribution in [0.1, 0.15) is 31.1 Å². The van der Waals surface area contributed by atoms with Crippen LogP contribution in [-0.4, -0.2) is 10.8 Å². The fourth-order valence-electron chi connectivity index (χ4n) is 3.04. The van der Waals surface area contributed by atoms with Crippen LogP contribution in [0.2, 0.25) is 0 Å². The van der Waals surface area contributed by atoms with Gasteiger partial charge in [0.25, 0.3) is 11.6 Å². The van der Waals surface area contributed by atoms with Crippen LogP contribution in [0.25, 0.3) is 17.4 Å². The molecule has 1 N–H and O–H groups in total. The number of nitriles is 1. The molecule has 0 aliphatic carbocycles. The molecule has 0 bridgehead atoms. The fraction of sp³-hybridized carbons (Fsp3) is 0.167. The van der Waals surface area contributed by atoms with Crippen LogP contribution in [0.4, 0.5) is 11.4 Å². The summed E-state index contributed by atoms with van der Waals surface area (Å²) in [7, 11) is 0. The molecular formula is C24H21N3O4. The van der Waals surface area contributed by atoms with Crippen molar-refractivity contribution in [2.24, 2.45) is 0 Å². The number of hydrogen-bond acceptors (Lipinski definition) is 5. The molecule has 0 saturated carbocycles. The summed E-state index contributed by atoms with van der Waals surface area (Å²) in [5.41, 5.74) is 1.87. The van der Waals surface area contributed by atoms with Crippen LogP contribution in [0, 0.1) is 21.4 Å². The number of anilines is 1. The number of furan rings is 1. The quantitative estimate of drug-likeness (QED) is 0.218. The first-order valence-electron chi connectivity index (χ1n) is 9.87. The maximum Gasteiger partial charge on any atom is 0.280 e. The van der Waals surface area contributed by atoms with E-state index in [1.807, 2.05) is 18.2 Å². The zero-order chi connectivity index (χ0) is 22.2. The van der Waals surface area contributed by atoms with Gasteiger partial charge < -0.3 is 9.73 Å². The molecule has 0 saturated heterocycles. The normalized spacial score (nSPS) is 11.0. The van der Waals surface area contributed by atoms with Crippen LogP contribution in [-0.2, 0) is 11.2 Å². The van der Waals surface area contributed by atoms with E-state index < -0.39 is 10.8 Å². The van der Waals surface area contributed by atoms with Gasteiger partial charge in [0.2, 0.25) is 0 Å². The monoisotopic (exact) mass is 415 g/mol. The highest BCUT2D eigenvalue weighted by atomic mass is 16.6. The molecule has 0 aliphatic heterocycles. The lowest BCUT2D eigenvalue weighted by Gasteiger charge is -2.06. The molecule has 7 heteroatoms. The summed E-state index contributed by atoms with van der Waals surface area (Å²) in [4.78, 5) is 23.2. The van der Waals surface area contributed by atoms with Gasteiger partial charge in [0.1, 0.15) is 23.2 Å².